The molecule has 0 N–H and O–H groups in total. The van der Waals surface area contributed by atoms with Gasteiger partial charge in [0.15, 0.2) is 0 Å². The van der Waals surface area contributed by atoms with Crippen molar-refractivity contribution in [1.29, 1.82) is 0 Å². The molecule has 118 valence electrons. The number of likely N-dealkylation sites (tertiary alicyclic amines) is 1. The summed E-state index contributed by atoms with van der Waals surface area (Å²) < 4.78 is 5.31. The third kappa shape index (κ3) is 2.99. The van der Waals surface area contributed by atoms with Crippen LogP contribution < -0.4 is 0 Å². The highest BCUT2D eigenvalue weighted by atomic mass is 16.5. The molecule has 1 aliphatic heterocycles. The fourth-order valence-electron chi connectivity index (χ4n) is 3.61. The molecule has 1 fully saturated rings. The highest BCUT2D eigenvalue weighted by molar-refractivity contribution is 5.82. The Morgan fingerprint density at radius 2 is 2.04 bits per heavy atom. The zero-order chi connectivity index (χ0) is 15.6. The van der Waals surface area contributed by atoms with Crippen LogP contribution in [0.3, 0.4) is 0 Å². The standard InChI is InChI=1S/C19H21N3O/c1-14-11-15(12-17-3-2-7-20-19(14)17)13-22-9-5-16(6-10-22)18-4-8-21-23-18/h2-4,7-8,11-12,16H,5-6,9-10,13H2,1H3. The number of fused-ring (bicyclic) bond motifs is 1. The molecule has 0 bridgehead atoms. The van der Waals surface area contributed by atoms with E-state index in [1.54, 1.807) is 6.20 Å². The van der Waals surface area contributed by atoms with Gasteiger partial charge in [0.05, 0.1) is 11.7 Å². The van der Waals surface area contributed by atoms with Gasteiger partial charge in [-0.05, 0) is 56.1 Å². The van der Waals surface area contributed by atoms with Gasteiger partial charge in [0.2, 0.25) is 0 Å². The van der Waals surface area contributed by atoms with Crippen LogP contribution in [0.4, 0.5) is 0 Å². The lowest BCUT2D eigenvalue weighted by Gasteiger charge is -2.30. The number of hydrogen-bond donors (Lipinski definition) is 0. The molecule has 1 saturated heterocycles. The summed E-state index contributed by atoms with van der Waals surface area (Å²) in [5, 5.41) is 5.06. The Bertz CT molecular complexity index is 789. The molecular weight excluding hydrogens is 286 g/mol. The molecule has 4 heteroatoms. The zero-order valence-corrected chi connectivity index (χ0v) is 13.4. The summed E-state index contributed by atoms with van der Waals surface area (Å²) in [7, 11) is 0. The summed E-state index contributed by atoms with van der Waals surface area (Å²) in [5.41, 5.74) is 3.75. The van der Waals surface area contributed by atoms with Gasteiger partial charge in [0.1, 0.15) is 5.76 Å². The number of benzene rings is 1. The third-order valence-corrected chi connectivity index (χ3v) is 4.81. The summed E-state index contributed by atoms with van der Waals surface area (Å²) in [4.78, 5) is 7.01. The van der Waals surface area contributed by atoms with Crippen LogP contribution in [0.15, 0.2) is 47.2 Å². The van der Waals surface area contributed by atoms with Crippen molar-refractivity contribution in [3.63, 3.8) is 0 Å². The smallest absolute Gasteiger partial charge is 0.139 e. The first-order valence-electron chi connectivity index (χ1n) is 8.27. The SMILES string of the molecule is Cc1cc(CN2CCC(c3ccno3)CC2)cc2cccnc12. The Morgan fingerprint density at radius 3 is 2.83 bits per heavy atom. The average molecular weight is 307 g/mol. The van der Waals surface area contributed by atoms with E-state index in [0.717, 1.165) is 43.8 Å². The number of rotatable bonds is 3. The first kappa shape index (κ1) is 14.4. The topological polar surface area (TPSA) is 42.2 Å². The predicted molar refractivity (Wildman–Crippen MR) is 90.2 cm³/mol. The van der Waals surface area contributed by atoms with Gasteiger partial charge in [-0.15, -0.1) is 0 Å². The highest BCUT2D eigenvalue weighted by Gasteiger charge is 2.23. The molecule has 0 spiro atoms. The number of aromatic nitrogens is 2. The maximum Gasteiger partial charge on any atom is 0.139 e. The van der Waals surface area contributed by atoms with Crippen LogP contribution in [0.25, 0.3) is 10.9 Å². The normalized spacial score (nSPS) is 16.9. The first-order chi connectivity index (χ1) is 11.3. The zero-order valence-electron chi connectivity index (χ0n) is 13.4. The second-order valence-electron chi connectivity index (χ2n) is 6.45. The molecule has 0 radical (unpaired) electrons. The van der Waals surface area contributed by atoms with E-state index in [-0.39, 0.29) is 0 Å². The number of pyridine rings is 1. The van der Waals surface area contributed by atoms with Crippen molar-refractivity contribution in [2.24, 2.45) is 0 Å². The molecule has 0 saturated carbocycles. The molecule has 2 aromatic heterocycles. The lowest BCUT2D eigenvalue weighted by molar-refractivity contribution is 0.190. The van der Waals surface area contributed by atoms with Crippen LogP contribution in [0.5, 0.6) is 0 Å². The highest BCUT2D eigenvalue weighted by Crippen LogP contribution is 2.28. The molecule has 1 aromatic carbocycles. The molecule has 4 nitrogen and oxygen atoms in total. The van der Waals surface area contributed by atoms with Gasteiger partial charge < -0.3 is 4.52 Å². The Kier molecular flexibility index (Phi) is 3.83. The monoisotopic (exact) mass is 307 g/mol. The summed E-state index contributed by atoms with van der Waals surface area (Å²) in [6.07, 6.45) is 5.89. The van der Waals surface area contributed by atoms with Gasteiger partial charge in [-0.25, -0.2) is 0 Å². The van der Waals surface area contributed by atoms with E-state index in [1.165, 1.54) is 16.5 Å². The molecule has 4 rings (SSSR count). The van der Waals surface area contributed by atoms with E-state index in [9.17, 15) is 0 Å². The Balaban J connectivity index is 1.45. The summed E-state index contributed by atoms with van der Waals surface area (Å²) in [6.45, 7) is 5.37. The molecule has 23 heavy (non-hydrogen) atoms. The Morgan fingerprint density at radius 1 is 1.17 bits per heavy atom. The second kappa shape index (κ2) is 6.13. The lowest BCUT2D eigenvalue weighted by atomic mass is 9.94. The van der Waals surface area contributed by atoms with Gasteiger partial charge in [-0.3, -0.25) is 9.88 Å². The average Bonchev–Trinajstić information content (AvgIpc) is 3.10. The van der Waals surface area contributed by atoms with Gasteiger partial charge in [-0.2, -0.15) is 0 Å². The number of nitrogens with zero attached hydrogens (tertiary/aromatic N) is 3. The molecule has 0 atom stereocenters. The van der Waals surface area contributed by atoms with Crippen molar-refractivity contribution in [2.45, 2.75) is 32.2 Å². The van der Waals surface area contributed by atoms with E-state index < -0.39 is 0 Å². The second-order valence-corrected chi connectivity index (χ2v) is 6.45. The van der Waals surface area contributed by atoms with Crippen molar-refractivity contribution >= 4 is 10.9 Å². The van der Waals surface area contributed by atoms with Crippen molar-refractivity contribution < 1.29 is 4.52 Å². The number of aryl methyl sites for hydroxylation is 1. The van der Waals surface area contributed by atoms with Crippen LogP contribution in [-0.2, 0) is 6.54 Å². The summed E-state index contributed by atoms with van der Waals surface area (Å²) in [6, 6.07) is 10.7. The molecule has 0 amide bonds. The predicted octanol–water partition coefficient (Wildman–Crippen LogP) is 3.91. The van der Waals surface area contributed by atoms with Crippen LogP contribution in [0, 0.1) is 6.92 Å². The summed E-state index contributed by atoms with van der Waals surface area (Å²) >= 11 is 0. The van der Waals surface area contributed by atoms with Gasteiger partial charge >= 0.3 is 0 Å². The largest absolute Gasteiger partial charge is 0.361 e. The van der Waals surface area contributed by atoms with E-state index in [0.29, 0.717) is 5.92 Å². The van der Waals surface area contributed by atoms with Gasteiger partial charge in [-0.1, -0.05) is 17.3 Å². The molecule has 3 heterocycles. The quantitative estimate of drug-likeness (QED) is 0.735. The van der Waals surface area contributed by atoms with Crippen molar-refractivity contribution in [3.8, 4) is 0 Å². The van der Waals surface area contributed by atoms with Crippen molar-refractivity contribution in [1.82, 2.24) is 15.0 Å². The van der Waals surface area contributed by atoms with Gasteiger partial charge in [0.25, 0.3) is 0 Å². The van der Waals surface area contributed by atoms with E-state index in [2.05, 4.69) is 40.2 Å². The third-order valence-electron chi connectivity index (χ3n) is 4.81. The number of hydrogen-bond acceptors (Lipinski definition) is 4. The van der Waals surface area contributed by atoms with Crippen molar-refractivity contribution in [2.75, 3.05) is 13.1 Å². The van der Waals surface area contributed by atoms with E-state index in [1.807, 2.05) is 18.3 Å². The first-order valence-corrected chi connectivity index (χ1v) is 8.27. The Hall–Kier alpha value is -2.20. The minimum atomic E-state index is 0.524. The summed E-state index contributed by atoms with van der Waals surface area (Å²) in [5.74, 6) is 1.56. The molecule has 0 aliphatic carbocycles. The van der Waals surface area contributed by atoms with Crippen LogP contribution in [0.1, 0.15) is 35.6 Å². The maximum atomic E-state index is 5.31. The minimum Gasteiger partial charge on any atom is -0.361 e. The van der Waals surface area contributed by atoms with Crippen LogP contribution in [0.2, 0.25) is 0 Å². The molecule has 0 unspecified atom stereocenters. The van der Waals surface area contributed by atoms with E-state index >= 15 is 0 Å². The van der Waals surface area contributed by atoms with E-state index in [4.69, 9.17) is 4.52 Å². The minimum absolute atomic E-state index is 0.524. The fraction of sp³-hybridized carbons (Fsp3) is 0.368. The number of piperidine rings is 1. The van der Waals surface area contributed by atoms with Crippen molar-refractivity contribution in [3.05, 3.63) is 59.6 Å². The lowest BCUT2D eigenvalue weighted by Crippen LogP contribution is -2.32. The molecule has 3 aromatic rings. The van der Waals surface area contributed by atoms with Crippen LogP contribution in [-0.4, -0.2) is 28.1 Å². The molecular formula is C19H21N3O. The van der Waals surface area contributed by atoms with Crippen LogP contribution >= 0.6 is 0 Å². The van der Waals surface area contributed by atoms with Gasteiger partial charge in [0, 0.05) is 30.1 Å². The Labute approximate surface area is 136 Å². The maximum absolute atomic E-state index is 5.31. The molecule has 1 aliphatic rings. The fourth-order valence-corrected chi connectivity index (χ4v) is 3.61.